The van der Waals surface area contributed by atoms with Crippen LogP contribution >= 0.6 is 0 Å². The Bertz CT molecular complexity index is 1370. The molecule has 0 aliphatic rings. The monoisotopic (exact) mass is 523 g/mol. The second kappa shape index (κ2) is 13.7. The molecule has 3 N–H and O–H groups in total. The highest BCUT2D eigenvalue weighted by molar-refractivity contribution is 5.98. The van der Waals surface area contributed by atoms with Gasteiger partial charge in [0, 0.05) is 29.9 Å². The van der Waals surface area contributed by atoms with Gasteiger partial charge in [-0.05, 0) is 55.0 Å². The number of ether oxygens (including phenoxy) is 2. The second-order valence-corrected chi connectivity index (χ2v) is 9.03. The van der Waals surface area contributed by atoms with Gasteiger partial charge in [0.15, 0.2) is 0 Å². The zero-order valence-corrected chi connectivity index (χ0v) is 22.1. The minimum absolute atomic E-state index is 0.330. The van der Waals surface area contributed by atoms with Crippen LogP contribution < -0.4 is 25.4 Å². The summed E-state index contributed by atoms with van der Waals surface area (Å²) in [5.41, 5.74) is 3.93. The summed E-state index contributed by atoms with van der Waals surface area (Å²) in [4.78, 5) is 26.7. The lowest BCUT2D eigenvalue weighted by Crippen LogP contribution is -2.42. The fraction of sp³-hybridized carbons (Fsp3) is 0.188. The quantitative estimate of drug-likeness (QED) is 0.220. The predicted octanol–water partition coefficient (Wildman–Crippen LogP) is 5.28. The number of methoxy groups -OCH3 is 1. The van der Waals surface area contributed by atoms with Crippen molar-refractivity contribution in [3.63, 3.8) is 0 Å². The smallest absolute Gasteiger partial charge is 0.252 e. The number of hydrogen-bond acceptors (Lipinski definition) is 5. The molecule has 0 radical (unpaired) electrons. The van der Waals surface area contributed by atoms with Gasteiger partial charge in [-0.3, -0.25) is 9.59 Å². The number of anilines is 1. The highest BCUT2D eigenvalue weighted by Gasteiger charge is 2.26. The Balaban J connectivity index is 1.48. The first-order valence-corrected chi connectivity index (χ1v) is 12.8. The van der Waals surface area contributed by atoms with Gasteiger partial charge in [0.2, 0.25) is 5.91 Å². The Morgan fingerprint density at radius 3 is 2.31 bits per heavy atom. The molecule has 1 atom stereocenters. The van der Waals surface area contributed by atoms with Crippen LogP contribution in [0.1, 0.15) is 33.1 Å². The van der Waals surface area contributed by atoms with Gasteiger partial charge < -0.3 is 25.4 Å². The molecule has 0 spiro atoms. The van der Waals surface area contributed by atoms with Crippen molar-refractivity contribution in [2.24, 2.45) is 0 Å². The van der Waals surface area contributed by atoms with E-state index in [2.05, 4.69) is 16.0 Å². The maximum absolute atomic E-state index is 13.5. The van der Waals surface area contributed by atoms with Crippen LogP contribution in [0.4, 0.5) is 5.69 Å². The van der Waals surface area contributed by atoms with E-state index in [4.69, 9.17) is 9.47 Å². The van der Waals surface area contributed by atoms with Crippen molar-refractivity contribution in [2.45, 2.75) is 19.6 Å². The van der Waals surface area contributed by atoms with Gasteiger partial charge in [-0.15, -0.1) is 0 Å². The molecule has 7 heteroatoms. The van der Waals surface area contributed by atoms with Gasteiger partial charge in [-0.1, -0.05) is 66.2 Å². The number of carbonyl (C=O) groups is 2. The first kappa shape index (κ1) is 27.3. The van der Waals surface area contributed by atoms with E-state index in [9.17, 15) is 9.59 Å². The van der Waals surface area contributed by atoms with E-state index in [1.165, 1.54) is 0 Å². The van der Waals surface area contributed by atoms with Crippen molar-refractivity contribution in [1.82, 2.24) is 10.6 Å². The summed E-state index contributed by atoms with van der Waals surface area (Å²) in [6, 6.07) is 30.9. The third-order valence-electron chi connectivity index (χ3n) is 6.13. The first-order valence-electron chi connectivity index (χ1n) is 12.8. The van der Waals surface area contributed by atoms with E-state index in [-0.39, 0.29) is 11.8 Å². The highest BCUT2D eigenvalue weighted by Crippen LogP contribution is 2.27. The summed E-state index contributed by atoms with van der Waals surface area (Å²) in [5, 5.41) is 9.14. The number of carbonyl (C=O) groups excluding carboxylic acids is 2. The van der Waals surface area contributed by atoms with Crippen LogP contribution in [0.2, 0.25) is 0 Å². The number of para-hydroxylation sites is 1. The summed E-state index contributed by atoms with van der Waals surface area (Å²) >= 11 is 0. The van der Waals surface area contributed by atoms with Gasteiger partial charge in [-0.2, -0.15) is 0 Å². The van der Waals surface area contributed by atoms with Crippen LogP contribution in [0.5, 0.6) is 11.5 Å². The number of amides is 2. The molecule has 4 aromatic carbocycles. The van der Waals surface area contributed by atoms with Crippen LogP contribution in [0.3, 0.4) is 0 Å². The Labute approximate surface area is 229 Å². The lowest BCUT2D eigenvalue weighted by atomic mass is 10.0. The largest absolute Gasteiger partial charge is 0.497 e. The molecule has 39 heavy (non-hydrogen) atoms. The van der Waals surface area contributed by atoms with E-state index in [0.29, 0.717) is 36.6 Å². The first-order chi connectivity index (χ1) is 19.0. The van der Waals surface area contributed by atoms with E-state index < -0.39 is 6.04 Å². The molecular weight excluding hydrogens is 490 g/mol. The molecule has 2 amide bonds. The van der Waals surface area contributed by atoms with Crippen LogP contribution in [-0.4, -0.2) is 32.0 Å². The lowest BCUT2D eigenvalue weighted by molar-refractivity contribution is -0.123. The van der Waals surface area contributed by atoms with E-state index >= 15 is 0 Å². The molecule has 4 rings (SSSR count). The maximum Gasteiger partial charge on any atom is 0.252 e. The lowest BCUT2D eigenvalue weighted by Gasteiger charge is -2.22. The van der Waals surface area contributed by atoms with Crippen molar-refractivity contribution in [3.8, 4) is 11.5 Å². The molecule has 0 aliphatic carbocycles. The fourth-order valence-corrected chi connectivity index (χ4v) is 4.07. The minimum atomic E-state index is -0.953. The van der Waals surface area contributed by atoms with Crippen molar-refractivity contribution < 1.29 is 19.1 Å². The van der Waals surface area contributed by atoms with E-state index in [1.54, 1.807) is 25.3 Å². The third kappa shape index (κ3) is 7.85. The third-order valence-corrected chi connectivity index (χ3v) is 6.13. The number of aryl methyl sites for hydroxylation is 1. The Hall–Kier alpha value is -4.78. The number of benzene rings is 4. The Morgan fingerprint density at radius 2 is 1.56 bits per heavy atom. The second-order valence-electron chi connectivity index (χ2n) is 9.03. The molecule has 0 saturated carbocycles. The topological polar surface area (TPSA) is 88.7 Å². The standard InChI is InChI=1S/C32H33N3O4/c1-23-9-8-12-25(21-23)31(36)35-30(32(37)34-20-19-33-26-15-17-27(38-2)18-16-26)28-13-6-7-14-29(28)39-22-24-10-4-3-5-11-24/h3-18,21,30,33H,19-20,22H2,1-2H3,(H,34,37)(H,35,36). The molecule has 200 valence electrons. The zero-order valence-electron chi connectivity index (χ0n) is 22.1. The zero-order chi connectivity index (χ0) is 27.5. The van der Waals surface area contributed by atoms with Crippen molar-refractivity contribution in [1.29, 1.82) is 0 Å². The van der Waals surface area contributed by atoms with Gasteiger partial charge in [0.25, 0.3) is 5.91 Å². The molecule has 0 heterocycles. The van der Waals surface area contributed by atoms with Crippen LogP contribution in [0.15, 0.2) is 103 Å². The van der Waals surface area contributed by atoms with Crippen LogP contribution in [-0.2, 0) is 11.4 Å². The van der Waals surface area contributed by atoms with Gasteiger partial charge in [0.1, 0.15) is 24.1 Å². The summed E-state index contributed by atoms with van der Waals surface area (Å²) < 4.78 is 11.3. The summed E-state index contributed by atoms with van der Waals surface area (Å²) in [7, 11) is 1.62. The van der Waals surface area contributed by atoms with Crippen LogP contribution in [0.25, 0.3) is 0 Å². The summed E-state index contributed by atoms with van der Waals surface area (Å²) in [6.07, 6.45) is 0. The molecule has 0 fully saturated rings. The molecule has 1 unspecified atom stereocenters. The molecule has 0 saturated heterocycles. The average molecular weight is 524 g/mol. The maximum atomic E-state index is 13.5. The molecule has 4 aromatic rings. The van der Waals surface area contributed by atoms with Crippen LogP contribution in [0, 0.1) is 6.92 Å². The molecule has 0 aromatic heterocycles. The Kier molecular flexibility index (Phi) is 9.56. The SMILES string of the molecule is COc1ccc(NCCNC(=O)C(NC(=O)c2cccc(C)c2)c2ccccc2OCc2ccccc2)cc1. The average Bonchev–Trinajstić information content (AvgIpc) is 2.98. The summed E-state index contributed by atoms with van der Waals surface area (Å²) in [5.74, 6) is 0.632. The van der Waals surface area contributed by atoms with Crippen molar-refractivity contribution in [2.75, 3.05) is 25.5 Å². The van der Waals surface area contributed by atoms with E-state index in [1.807, 2.05) is 91.9 Å². The van der Waals surface area contributed by atoms with Crippen molar-refractivity contribution in [3.05, 3.63) is 125 Å². The predicted molar refractivity (Wildman–Crippen MR) is 153 cm³/mol. The molecule has 7 nitrogen and oxygen atoms in total. The Morgan fingerprint density at radius 1 is 0.821 bits per heavy atom. The number of hydrogen-bond donors (Lipinski definition) is 3. The van der Waals surface area contributed by atoms with Gasteiger partial charge in [0.05, 0.1) is 7.11 Å². The summed E-state index contributed by atoms with van der Waals surface area (Å²) in [6.45, 7) is 3.12. The molecular formula is C32H33N3O4. The normalized spacial score (nSPS) is 11.2. The minimum Gasteiger partial charge on any atom is -0.497 e. The molecule has 0 aliphatic heterocycles. The molecule has 0 bridgehead atoms. The highest BCUT2D eigenvalue weighted by atomic mass is 16.5. The van der Waals surface area contributed by atoms with Gasteiger partial charge >= 0.3 is 0 Å². The van der Waals surface area contributed by atoms with Gasteiger partial charge in [-0.25, -0.2) is 0 Å². The number of rotatable bonds is 12. The fourth-order valence-electron chi connectivity index (χ4n) is 4.07. The number of nitrogens with one attached hydrogen (secondary N) is 3. The van der Waals surface area contributed by atoms with E-state index in [0.717, 1.165) is 22.6 Å². The van der Waals surface area contributed by atoms with Crippen molar-refractivity contribution >= 4 is 17.5 Å².